The second-order valence-corrected chi connectivity index (χ2v) is 7.05. The van der Waals surface area contributed by atoms with Gasteiger partial charge in [-0.3, -0.25) is 4.79 Å². The predicted molar refractivity (Wildman–Crippen MR) is 72.1 cm³/mol. The normalized spacial score (nSPS) is 19.5. The number of methoxy groups -OCH3 is 1. The standard InChI is InChI=1S/C13H17NO4S/c1-18-11-5-3-4-10(8-11)13(15)14-7-6-12(9-14)19(2,16)17/h3-5,8,12H,6-7,9H2,1-2H3. The summed E-state index contributed by atoms with van der Waals surface area (Å²) in [5.41, 5.74) is 0.522. The van der Waals surface area contributed by atoms with Crippen LogP contribution >= 0.6 is 0 Å². The highest BCUT2D eigenvalue weighted by molar-refractivity contribution is 7.91. The zero-order chi connectivity index (χ0) is 14.0. The van der Waals surface area contributed by atoms with Gasteiger partial charge in [-0.15, -0.1) is 0 Å². The van der Waals surface area contributed by atoms with Crippen LogP contribution in [0.25, 0.3) is 0 Å². The molecule has 1 unspecified atom stereocenters. The van der Waals surface area contributed by atoms with Crippen molar-refractivity contribution in [3.63, 3.8) is 0 Å². The van der Waals surface area contributed by atoms with E-state index in [1.165, 1.54) is 6.26 Å². The third-order valence-corrected chi connectivity index (χ3v) is 4.95. The maximum absolute atomic E-state index is 12.3. The highest BCUT2D eigenvalue weighted by Gasteiger charge is 2.32. The highest BCUT2D eigenvalue weighted by Crippen LogP contribution is 2.20. The van der Waals surface area contributed by atoms with Crippen molar-refractivity contribution in [2.45, 2.75) is 11.7 Å². The van der Waals surface area contributed by atoms with Crippen LogP contribution < -0.4 is 4.74 Å². The summed E-state index contributed by atoms with van der Waals surface area (Å²) in [6.07, 6.45) is 1.73. The van der Waals surface area contributed by atoms with Crippen LogP contribution in [-0.2, 0) is 9.84 Å². The smallest absolute Gasteiger partial charge is 0.254 e. The first-order chi connectivity index (χ1) is 8.91. The molecule has 0 spiro atoms. The Labute approximate surface area is 113 Å². The fourth-order valence-corrected chi connectivity index (χ4v) is 3.19. The van der Waals surface area contributed by atoms with Crippen LogP contribution in [0.1, 0.15) is 16.8 Å². The van der Waals surface area contributed by atoms with E-state index in [1.807, 2.05) is 0 Å². The number of nitrogens with zero attached hydrogens (tertiary/aromatic N) is 1. The van der Waals surface area contributed by atoms with Gasteiger partial charge in [-0.25, -0.2) is 8.42 Å². The second kappa shape index (κ2) is 5.21. The molecule has 6 heteroatoms. The van der Waals surface area contributed by atoms with Gasteiger partial charge in [0, 0.05) is 24.9 Å². The van der Waals surface area contributed by atoms with Crippen molar-refractivity contribution in [1.29, 1.82) is 0 Å². The maximum atomic E-state index is 12.3. The molecule has 1 aliphatic heterocycles. The van der Waals surface area contributed by atoms with Crippen molar-refractivity contribution >= 4 is 15.7 Å². The van der Waals surface area contributed by atoms with Gasteiger partial charge in [0.1, 0.15) is 5.75 Å². The molecule has 1 aliphatic rings. The zero-order valence-corrected chi connectivity index (χ0v) is 11.8. The van der Waals surface area contributed by atoms with Gasteiger partial charge in [0.2, 0.25) is 0 Å². The summed E-state index contributed by atoms with van der Waals surface area (Å²) < 4.78 is 28.0. The third-order valence-electron chi connectivity index (χ3n) is 3.35. The van der Waals surface area contributed by atoms with Crippen molar-refractivity contribution < 1.29 is 17.9 Å². The lowest BCUT2D eigenvalue weighted by Gasteiger charge is -2.16. The molecule has 5 nitrogen and oxygen atoms in total. The van der Waals surface area contributed by atoms with E-state index >= 15 is 0 Å². The number of hydrogen-bond acceptors (Lipinski definition) is 4. The van der Waals surface area contributed by atoms with Crippen LogP contribution in [0.5, 0.6) is 5.75 Å². The molecule has 1 fully saturated rings. The maximum Gasteiger partial charge on any atom is 0.254 e. The van der Waals surface area contributed by atoms with Gasteiger partial charge in [-0.05, 0) is 24.6 Å². The fraction of sp³-hybridized carbons (Fsp3) is 0.462. The Hall–Kier alpha value is -1.56. The van der Waals surface area contributed by atoms with Crippen LogP contribution in [0, 0.1) is 0 Å². The highest BCUT2D eigenvalue weighted by atomic mass is 32.2. The number of sulfone groups is 1. The molecule has 1 aromatic rings. The van der Waals surface area contributed by atoms with Gasteiger partial charge in [0.05, 0.1) is 12.4 Å². The summed E-state index contributed by atoms with van der Waals surface area (Å²) in [6, 6.07) is 6.88. The number of carbonyl (C=O) groups excluding carboxylic acids is 1. The molecule has 0 bridgehead atoms. The molecule has 1 atom stereocenters. The van der Waals surface area contributed by atoms with Crippen LogP contribution in [0.15, 0.2) is 24.3 Å². The summed E-state index contributed by atoms with van der Waals surface area (Å²) >= 11 is 0. The first-order valence-electron chi connectivity index (χ1n) is 6.04. The Morgan fingerprint density at radius 1 is 1.42 bits per heavy atom. The molecule has 104 valence electrons. The van der Waals surface area contributed by atoms with Crippen molar-refractivity contribution in [3.8, 4) is 5.75 Å². The van der Waals surface area contributed by atoms with Crippen molar-refractivity contribution in [2.24, 2.45) is 0 Å². The van der Waals surface area contributed by atoms with Crippen LogP contribution in [-0.4, -0.2) is 50.9 Å². The van der Waals surface area contributed by atoms with Gasteiger partial charge in [0.25, 0.3) is 5.91 Å². The molecule has 1 saturated heterocycles. The first kappa shape index (κ1) is 13.9. The summed E-state index contributed by atoms with van der Waals surface area (Å²) in [7, 11) is -1.54. The lowest BCUT2D eigenvalue weighted by atomic mass is 10.2. The number of hydrogen-bond donors (Lipinski definition) is 0. The molecular formula is C13H17NO4S. The Bertz CT molecular complexity index is 582. The minimum Gasteiger partial charge on any atom is -0.497 e. The number of ether oxygens (including phenoxy) is 1. The molecule has 0 saturated carbocycles. The topological polar surface area (TPSA) is 63.7 Å². The van der Waals surface area contributed by atoms with E-state index in [2.05, 4.69) is 0 Å². The monoisotopic (exact) mass is 283 g/mol. The molecule has 0 radical (unpaired) electrons. The average molecular weight is 283 g/mol. The molecule has 0 aromatic heterocycles. The molecule has 1 heterocycles. The number of carbonyl (C=O) groups is 1. The Morgan fingerprint density at radius 3 is 2.74 bits per heavy atom. The fourth-order valence-electron chi connectivity index (χ4n) is 2.20. The number of amides is 1. The summed E-state index contributed by atoms with van der Waals surface area (Å²) in [4.78, 5) is 13.8. The van der Waals surface area contributed by atoms with E-state index < -0.39 is 15.1 Å². The van der Waals surface area contributed by atoms with Crippen LogP contribution in [0.2, 0.25) is 0 Å². The van der Waals surface area contributed by atoms with Gasteiger partial charge in [0.15, 0.2) is 9.84 Å². The largest absolute Gasteiger partial charge is 0.497 e. The van der Waals surface area contributed by atoms with E-state index in [0.29, 0.717) is 24.3 Å². The van der Waals surface area contributed by atoms with E-state index in [1.54, 1.807) is 36.3 Å². The van der Waals surface area contributed by atoms with Gasteiger partial charge in [-0.1, -0.05) is 6.07 Å². The lowest BCUT2D eigenvalue weighted by Crippen LogP contribution is -2.31. The molecule has 1 aromatic carbocycles. The molecule has 1 amide bonds. The van der Waals surface area contributed by atoms with Gasteiger partial charge < -0.3 is 9.64 Å². The lowest BCUT2D eigenvalue weighted by molar-refractivity contribution is 0.0793. The Morgan fingerprint density at radius 2 is 2.16 bits per heavy atom. The van der Waals surface area contributed by atoms with Gasteiger partial charge in [-0.2, -0.15) is 0 Å². The SMILES string of the molecule is COc1cccc(C(=O)N2CCC(S(C)(=O)=O)C2)c1. The molecule has 19 heavy (non-hydrogen) atoms. The average Bonchev–Trinajstić information content (AvgIpc) is 2.87. The molecular weight excluding hydrogens is 266 g/mol. The Balaban J connectivity index is 2.13. The van der Waals surface area contributed by atoms with Crippen LogP contribution in [0.4, 0.5) is 0 Å². The molecule has 2 rings (SSSR count). The first-order valence-corrected chi connectivity index (χ1v) is 7.99. The number of likely N-dealkylation sites (tertiary alicyclic amines) is 1. The second-order valence-electron chi connectivity index (χ2n) is 4.72. The third kappa shape index (κ3) is 3.07. The summed E-state index contributed by atoms with van der Waals surface area (Å²) in [5, 5.41) is -0.443. The van der Waals surface area contributed by atoms with E-state index in [9.17, 15) is 13.2 Å². The summed E-state index contributed by atoms with van der Waals surface area (Å²) in [6.45, 7) is 0.753. The van der Waals surface area contributed by atoms with Crippen molar-refractivity contribution in [2.75, 3.05) is 26.5 Å². The minimum atomic E-state index is -3.08. The van der Waals surface area contributed by atoms with Gasteiger partial charge >= 0.3 is 0 Å². The van der Waals surface area contributed by atoms with E-state index in [0.717, 1.165) is 0 Å². The zero-order valence-electron chi connectivity index (χ0n) is 11.0. The van der Waals surface area contributed by atoms with E-state index in [-0.39, 0.29) is 12.5 Å². The van der Waals surface area contributed by atoms with Crippen molar-refractivity contribution in [1.82, 2.24) is 4.90 Å². The van der Waals surface area contributed by atoms with Crippen molar-refractivity contribution in [3.05, 3.63) is 29.8 Å². The number of rotatable bonds is 3. The quantitative estimate of drug-likeness (QED) is 0.828. The number of benzene rings is 1. The molecule has 0 N–H and O–H groups in total. The van der Waals surface area contributed by atoms with E-state index in [4.69, 9.17) is 4.74 Å². The predicted octanol–water partition coefficient (Wildman–Crippen LogP) is 0.954. The molecule has 0 aliphatic carbocycles. The van der Waals surface area contributed by atoms with Crippen LogP contribution in [0.3, 0.4) is 0 Å². The summed E-state index contributed by atoms with van der Waals surface area (Å²) in [5.74, 6) is 0.467. The Kier molecular flexibility index (Phi) is 3.80. The minimum absolute atomic E-state index is 0.148.